The van der Waals surface area contributed by atoms with Crippen LogP contribution in [0.15, 0.2) is 29.6 Å². The zero-order valence-corrected chi connectivity index (χ0v) is 16.9. The third-order valence-corrected chi connectivity index (χ3v) is 6.52. The van der Waals surface area contributed by atoms with Gasteiger partial charge in [0.15, 0.2) is 6.61 Å². The number of esters is 1. The third-order valence-electron chi connectivity index (χ3n) is 5.43. The number of ether oxygens (including phenoxy) is 2. The second-order valence-corrected chi connectivity index (χ2v) is 8.40. The number of rotatable bonds is 7. The quantitative estimate of drug-likeness (QED) is 0.661. The predicted molar refractivity (Wildman–Crippen MR) is 108 cm³/mol. The van der Waals surface area contributed by atoms with Crippen LogP contribution in [0.5, 0.6) is 5.75 Å². The molecule has 5 nitrogen and oxygen atoms in total. The molecule has 2 aliphatic carbocycles. The molecule has 148 valence electrons. The van der Waals surface area contributed by atoms with Gasteiger partial charge >= 0.3 is 5.97 Å². The van der Waals surface area contributed by atoms with Gasteiger partial charge in [0.1, 0.15) is 5.75 Å². The lowest BCUT2D eigenvalue weighted by molar-refractivity contribution is -0.135. The van der Waals surface area contributed by atoms with Crippen molar-refractivity contribution < 1.29 is 19.1 Å². The minimum atomic E-state index is -0.368. The number of fused-ring (bicyclic) bond motifs is 1. The van der Waals surface area contributed by atoms with Crippen molar-refractivity contribution in [3.05, 3.63) is 51.2 Å². The predicted octanol–water partition coefficient (Wildman–Crippen LogP) is 3.98. The number of benzene rings is 1. The summed E-state index contributed by atoms with van der Waals surface area (Å²) in [5.74, 6) is 0.296. The molecule has 1 amide bonds. The average Bonchev–Trinajstić information content (AvgIpc) is 3.48. The number of carbonyl (C=O) groups excluding carboxylic acids is 2. The van der Waals surface area contributed by atoms with Gasteiger partial charge in [-0.25, -0.2) is 4.79 Å². The fourth-order valence-electron chi connectivity index (χ4n) is 3.69. The minimum Gasteiger partial charge on any atom is -0.497 e. The van der Waals surface area contributed by atoms with Gasteiger partial charge in [-0.3, -0.25) is 4.79 Å². The molecular weight excluding hydrogens is 374 g/mol. The molecule has 1 heterocycles. The molecule has 0 unspecified atom stereocenters. The first-order valence-electron chi connectivity index (χ1n) is 9.84. The van der Waals surface area contributed by atoms with Gasteiger partial charge in [0.2, 0.25) is 0 Å². The zero-order valence-electron chi connectivity index (χ0n) is 16.1. The first kappa shape index (κ1) is 19.0. The maximum Gasteiger partial charge on any atom is 0.339 e. The van der Waals surface area contributed by atoms with Crippen molar-refractivity contribution in [3.63, 3.8) is 0 Å². The SMILES string of the molecule is COc1ccc(CN(C(=O)COC(=O)c2csc3c2CCCC3)C2CC2)cc1. The van der Waals surface area contributed by atoms with Gasteiger partial charge in [-0.2, -0.15) is 0 Å². The number of nitrogens with zero attached hydrogens (tertiary/aromatic N) is 1. The summed E-state index contributed by atoms with van der Waals surface area (Å²) in [6.07, 6.45) is 6.29. The van der Waals surface area contributed by atoms with Crippen LogP contribution in [0.1, 0.15) is 52.0 Å². The number of thiophene rings is 1. The van der Waals surface area contributed by atoms with E-state index in [9.17, 15) is 9.59 Å². The Balaban J connectivity index is 1.37. The molecule has 2 aliphatic rings. The summed E-state index contributed by atoms with van der Waals surface area (Å²) in [7, 11) is 1.63. The topological polar surface area (TPSA) is 55.8 Å². The molecule has 1 aromatic carbocycles. The van der Waals surface area contributed by atoms with Crippen LogP contribution in [0, 0.1) is 0 Å². The number of carbonyl (C=O) groups is 2. The van der Waals surface area contributed by atoms with Gasteiger partial charge in [-0.05, 0) is 61.8 Å². The van der Waals surface area contributed by atoms with Gasteiger partial charge < -0.3 is 14.4 Å². The molecule has 0 bridgehead atoms. The van der Waals surface area contributed by atoms with Gasteiger partial charge in [0, 0.05) is 22.8 Å². The normalized spacial score (nSPS) is 15.6. The molecule has 0 saturated heterocycles. The van der Waals surface area contributed by atoms with E-state index in [1.807, 2.05) is 34.5 Å². The lowest BCUT2D eigenvalue weighted by Crippen LogP contribution is -2.36. The van der Waals surface area contributed by atoms with Crippen LogP contribution in [0.25, 0.3) is 0 Å². The smallest absolute Gasteiger partial charge is 0.339 e. The van der Waals surface area contributed by atoms with E-state index in [4.69, 9.17) is 9.47 Å². The summed E-state index contributed by atoms with van der Waals surface area (Å²) >= 11 is 1.63. The highest BCUT2D eigenvalue weighted by Crippen LogP contribution is 2.31. The van der Waals surface area contributed by atoms with Crippen molar-refractivity contribution in [3.8, 4) is 5.75 Å². The maximum absolute atomic E-state index is 12.7. The van der Waals surface area contributed by atoms with E-state index in [0.717, 1.165) is 49.0 Å². The highest BCUT2D eigenvalue weighted by molar-refractivity contribution is 7.10. The van der Waals surface area contributed by atoms with Crippen molar-refractivity contribution in [2.24, 2.45) is 0 Å². The van der Waals surface area contributed by atoms with Crippen LogP contribution < -0.4 is 4.74 Å². The molecular formula is C22H25NO4S. The van der Waals surface area contributed by atoms with E-state index in [-0.39, 0.29) is 24.5 Å². The van der Waals surface area contributed by atoms with Gasteiger partial charge in [0.05, 0.1) is 12.7 Å². The minimum absolute atomic E-state index is 0.129. The van der Waals surface area contributed by atoms with Crippen LogP contribution in [0.3, 0.4) is 0 Å². The van der Waals surface area contributed by atoms with Crippen molar-refractivity contribution >= 4 is 23.2 Å². The van der Waals surface area contributed by atoms with E-state index in [1.165, 1.54) is 11.3 Å². The molecule has 2 aromatic rings. The number of methoxy groups -OCH3 is 1. The summed E-state index contributed by atoms with van der Waals surface area (Å²) in [6, 6.07) is 7.97. The van der Waals surface area contributed by atoms with Crippen LogP contribution in [0.4, 0.5) is 0 Å². The molecule has 1 fully saturated rings. The molecule has 0 aliphatic heterocycles. The van der Waals surface area contributed by atoms with Crippen LogP contribution in [0.2, 0.25) is 0 Å². The Hall–Kier alpha value is -2.34. The van der Waals surface area contributed by atoms with Crippen molar-refractivity contribution in [1.29, 1.82) is 0 Å². The lowest BCUT2D eigenvalue weighted by Gasteiger charge is -2.22. The zero-order chi connectivity index (χ0) is 19.5. The molecule has 28 heavy (non-hydrogen) atoms. The van der Waals surface area contributed by atoms with E-state index in [1.54, 1.807) is 18.4 Å². The largest absolute Gasteiger partial charge is 0.497 e. The van der Waals surface area contributed by atoms with Crippen molar-refractivity contribution in [2.75, 3.05) is 13.7 Å². The standard InChI is InChI=1S/C22H25NO4S/c1-26-17-10-6-15(7-11-17)12-23(16-8-9-16)21(24)13-27-22(25)19-14-28-20-5-3-2-4-18(19)20/h6-7,10-11,14,16H,2-5,8-9,12-13H2,1H3. The summed E-state index contributed by atoms with van der Waals surface area (Å²) in [5, 5.41) is 1.89. The second-order valence-electron chi connectivity index (χ2n) is 7.44. The number of hydrogen-bond donors (Lipinski definition) is 0. The molecule has 0 radical (unpaired) electrons. The second kappa shape index (κ2) is 8.35. The molecule has 0 N–H and O–H groups in total. The van der Waals surface area contributed by atoms with Crippen molar-refractivity contribution in [1.82, 2.24) is 4.90 Å². The van der Waals surface area contributed by atoms with Crippen LogP contribution >= 0.6 is 11.3 Å². The highest BCUT2D eigenvalue weighted by atomic mass is 32.1. The Labute approximate surface area is 169 Å². The van der Waals surface area contributed by atoms with Gasteiger partial charge in [0.25, 0.3) is 5.91 Å². The Morgan fingerprint density at radius 2 is 1.89 bits per heavy atom. The first-order valence-corrected chi connectivity index (χ1v) is 10.7. The molecule has 1 saturated carbocycles. The number of aryl methyl sites for hydroxylation is 1. The lowest BCUT2D eigenvalue weighted by atomic mass is 9.96. The fraction of sp³-hybridized carbons (Fsp3) is 0.455. The van der Waals surface area contributed by atoms with E-state index in [0.29, 0.717) is 12.1 Å². The Morgan fingerprint density at radius 3 is 2.61 bits per heavy atom. The highest BCUT2D eigenvalue weighted by Gasteiger charge is 2.33. The Bertz CT molecular complexity index is 854. The summed E-state index contributed by atoms with van der Waals surface area (Å²) in [5.41, 5.74) is 2.82. The first-order chi connectivity index (χ1) is 13.7. The van der Waals surface area contributed by atoms with Gasteiger partial charge in [-0.1, -0.05) is 12.1 Å². The van der Waals surface area contributed by atoms with E-state index in [2.05, 4.69) is 0 Å². The maximum atomic E-state index is 12.7. The molecule has 6 heteroatoms. The molecule has 4 rings (SSSR count). The molecule has 1 aromatic heterocycles. The number of hydrogen-bond acceptors (Lipinski definition) is 5. The average molecular weight is 400 g/mol. The van der Waals surface area contributed by atoms with Crippen molar-refractivity contribution in [2.45, 2.75) is 51.1 Å². The monoisotopic (exact) mass is 399 g/mol. The fourth-order valence-corrected chi connectivity index (χ4v) is 4.80. The molecule has 0 atom stereocenters. The van der Waals surface area contributed by atoms with Gasteiger partial charge in [-0.15, -0.1) is 11.3 Å². The van der Waals surface area contributed by atoms with E-state index < -0.39 is 0 Å². The summed E-state index contributed by atoms with van der Waals surface area (Å²) < 4.78 is 10.6. The summed E-state index contributed by atoms with van der Waals surface area (Å²) in [6.45, 7) is 0.328. The van der Waals surface area contributed by atoms with E-state index >= 15 is 0 Å². The number of amides is 1. The van der Waals surface area contributed by atoms with Crippen LogP contribution in [-0.2, 0) is 28.9 Å². The summed E-state index contributed by atoms with van der Waals surface area (Å²) in [4.78, 5) is 28.4. The van der Waals surface area contributed by atoms with Crippen LogP contribution in [-0.4, -0.2) is 36.5 Å². The molecule has 0 spiro atoms. The Morgan fingerprint density at radius 1 is 1.14 bits per heavy atom. The Kier molecular flexibility index (Phi) is 5.67. The third kappa shape index (κ3) is 4.22.